The van der Waals surface area contributed by atoms with Gasteiger partial charge in [0.05, 0.1) is 18.4 Å². The fraction of sp³-hybridized carbons (Fsp3) is 0.400. The third-order valence-electron chi connectivity index (χ3n) is 1.91. The quantitative estimate of drug-likeness (QED) is 0.645. The van der Waals surface area contributed by atoms with Gasteiger partial charge in [-0.05, 0) is 22.2 Å². The van der Waals surface area contributed by atoms with Crippen LogP contribution in [-0.2, 0) is 6.54 Å². The topological polar surface area (TPSA) is 46.9 Å². The Labute approximate surface area is 107 Å². The van der Waals surface area contributed by atoms with Gasteiger partial charge in [0.25, 0.3) is 5.56 Å². The second-order valence-corrected chi connectivity index (χ2v) is 4.85. The minimum atomic E-state index is -0.144. The molecule has 0 aliphatic carbocycles. The van der Waals surface area contributed by atoms with Gasteiger partial charge in [-0.25, -0.2) is 4.68 Å². The van der Waals surface area contributed by atoms with E-state index in [4.69, 9.17) is 0 Å². The molecule has 0 radical (unpaired) electrons. The maximum atomic E-state index is 11.8. The Hall–Kier alpha value is -0.750. The van der Waals surface area contributed by atoms with Crippen LogP contribution in [0.2, 0.25) is 0 Å². The molecule has 0 atom stereocenters. The number of thioether (sulfide) groups is 1. The second-order valence-electron chi connectivity index (χ2n) is 3.07. The van der Waals surface area contributed by atoms with Crippen molar-refractivity contribution in [3.05, 3.63) is 33.7 Å². The maximum Gasteiger partial charge on any atom is 0.283 e. The van der Waals surface area contributed by atoms with Crippen LogP contribution in [0.1, 0.15) is 0 Å². The summed E-state index contributed by atoms with van der Waals surface area (Å²) in [7, 11) is 0. The maximum absolute atomic E-state index is 11.8. The monoisotopic (exact) mass is 303 g/mol. The summed E-state index contributed by atoms with van der Waals surface area (Å²) in [6.45, 7) is 4.81. The molecule has 0 spiro atoms. The lowest BCUT2D eigenvalue weighted by Gasteiger charge is -2.08. The predicted octanol–water partition coefficient (Wildman–Crippen LogP) is 1.97. The minimum Gasteiger partial charge on any atom is -0.382 e. The molecule has 0 saturated heterocycles. The lowest BCUT2D eigenvalue weighted by atomic mass is 10.4. The fourth-order valence-corrected chi connectivity index (χ4v) is 1.88. The van der Waals surface area contributed by atoms with Crippen molar-refractivity contribution >= 4 is 33.4 Å². The molecule has 0 amide bonds. The third kappa shape index (κ3) is 3.38. The summed E-state index contributed by atoms with van der Waals surface area (Å²) < 4.78 is 1.88. The highest BCUT2D eigenvalue weighted by Gasteiger charge is 2.06. The van der Waals surface area contributed by atoms with Gasteiger partial charge in [0.2, 0.25) is 0 Å². The lowest BCUT2D eigenvalue weighted by molar-refractivity contribution is 0.649. The number of nitrogens with zero attached hydrogens (tertiary/aromatic N) is 2. The normalized spacial score (nSPS) is 10.1. The molecule has 1 aromatic heterocycles. The van der Waals surface area contributed by atoms with E-state index in [1.165, 1.54) is 4.68 Å². The molecule has 6 heteroatoms. The average Bonchev–Trinajstić information content (AvgIpc) is 2.28. The van der Waals surface area contributed by atoms with Gasteiger partial charge in [0.1, 0.15) is 4.47 Å². The zero-order valence-electron chi connectivity index (χ0n) is 9.07. The molecule has 1 heterocycles. The van der Waals surface area contributed by atoms with Crippen molar-refractivity contribution in [1.29, 1.82) is 0 Å². The highest BCUT2D eigenvalue weighted by atomic mass is 79.9. The number of allylic oxidation sites excluding steroid dienone is 1. The first kappa shape index (κ1) is 13.3. The van der Waals surface area contributed by atoms with Crippen molar-refractivity contribution < 1.29 is 0 Å². The molecule has 0 saturated carbocycles. The largest absolute Gasteiger partial charge is 0.382 e. The van der Waals surface area contributed by atoms with E-state index in [9.17, 15) is 4.79 Å². The SMILES string of the molecule is C=CCn1ncc(NCCSC)c(Br)c1=O. The zero-order chi connectivity index (χ0) is 12.0. The Morgan fingerprint density at radius 3 is 3.12 bits per heavy atom. The van der Waals surface area contributed by atoms with Gasteiger partial charge in [0.15, 0.2) is 0 Å². The lowest BCUT2D eigenvalue weighted by Crippen LogP contribution is -2.24. The molecule has 0 unspecified atom stereocenters. The Morgan fingerprint density at radius 2 is 2.50 bits per heavy atom. The van der Waals surface area contributed by atoms with Crippen LogP contribution >= 0.6 is 27.7 Å². The van der Waals surface area contributed by atoms with Gasteiger partial charge in [-0.3, -0.25) is 4.79 Å². The van der Waals surface area contributed by atoms with Crippen molar-refractivity contribution in [2.45, 2.75) is 6.54 Å². The van der Waals surface area contributed by atoms with Crippen LogP contribution in [0.4, 0.5) is 5.69 Å². The highest BCUT2D eigenvalue weighted by molar-refractivity contribution is 9.10. The van der Waals surface area contributed by atoms with Gasteiger partial charge in [-0.15, -0.1) is 6.58 Å². The molecule has 1 N–H and O–H groups in total. The van der Waals surface area contributed by atoms with Crippen LogP contribution in [0.3, 0.4) is 0 Å². The number of anilines is 1. The van der Waals surface area contributed by atoms with E-state index in [-0.39, 0.29) is 5.56 Å². The molecule has 0 aromatic carbocycles. The molecule has 1 aromatic rings. The van der Waals surface area contributed by atoms with Crippen LogP contribution in [0.5, 0.6) is 0 Å². The van der Waals surface area contributed by atoms with Crippen molar-refractivity contribution in [1.82, 2.24) is 9.78 Å². The van der Waals surface area contributed by atoms with Crippen molar-refractivity contribution in [3.8, 4) is 0 Å². The summed E-state index contributed by atoms with van der Waals surface area (Å²) in [5.74, 6) is 0.988. The van der Waals surface area contributed by atoms with Gasteiger partial charge in [-0.2, -0.15) is 16.9 Å². The molecule has 16 heavy (non-hydrogen) atoms. The molecule has 1 rings (SSSR count). The molecule has 0 aliphatic heterocycles. The van der Waals surface area contributed by atoms with Gasteiger partial charge < -0.3 is 5.32 Å². The van der Waals surface area contributed by atoms with Crippen molar-refractivity contribution in [2.75, 3.05) is 23.9 Å². The number of aromatic nitrogens is 2. The van der Waals surface area contributed by atoms with Crippen LogP contribution < -0.4 is 10.9 Å². The Bertz CT molecular complexity index is 419. The first-order valence-corrected chi connectivity index (χ1v) is 6.98. The molecule has 0 bridgehead atoms. The van der Waals surface area contributed by atoms with E-state index in [0.29, 0.717) is 11.0 Å². The van der Waals surface area contributed by atoms with Crippen LogP contribution in [0.15, 0.2) is 28.1 Å². The van der Waals surface area contributed by atoms with E-state index in [1.807, 2.05) is 6.26 Å². The van der Waals surface area contributed by atoms with E-state index in [1.54, 1.807) is 24.0 Å². The van der Waals surface area contributed by atoms with Gasteiger partial charge >= 0.3 is 0 Å². The van der Waals surface area contributed by atoms with E-state index in [0.717, 1.165) is 18.0 Å². The van der Waals surface area contributed by atoms with Gasteiger partial charge in [-0.1, -0.05) is 6.08 Å². The predicted molar refractivity (Wildman–Crippen MR) is 73.3 cm³/mol. The summed E-state index contributed by atoms with van der Waals surface area (Å²) >= 11 is 5.02. The Morgan fingerprint density at radius 1 is 1.75 bits per heavy atom. The number of halogens is 1. The molecular weight excluding hydrogens is 290 g/mol. The van der Waals surface area contributed by atoms with Crippen LogP contribution in [-0.4, -0.2) is 28.3 Å². The Balaban J connectivity index is 2.85. The molecule has 4 nitrogen and oxygen atoms in total. The van der Waals surface area contributed by atoms with E-state index in [2.05, 4.69) is 32.9 Å². The standard InChI is InChI=1S/C10H14BrN3OS/c1-3-5-14-10(15)9(11)8(7-13-14)12-4-6-16-2/h3,7,12H,1,4-6H2,2H3. The Kier molecular flexibility index (Phi) is 5.62. The summed E-state index contributed by atoms with van der Waals surface area (Å²) in [6, 6.07) is 0. The number of hydrogen-bond donors (Lipinski definition) is 1. The average molecular weight is 304 g/mol. The smallest absolute Gasteiger partial charge is 0.283 e. The second kappa shape index (κ2) is 6.75. The number of nitrogens with one attached hydrogen (secondary N) is 1. The summed E-state index contributed by atoms with van der Waals surface area (Å²) in [4.78, 5) is 11.8. The number of hydrogen-bond acceptors (Lipinski definition) is 4. The highest BCUT2D eigenvalue weighted by Crippen LogP contribution is 2.15. The van der Waals surface area contributed by atoms with Crippen molar-refractivity contribution in [2.24, 2.45) is 0 Å². The van der Waals surface area contributed by atoms with Crippen molar-refractivity contribution in [3.63, 3.8) is 0 Å². The minimum absolute atomic E-state index is 0.144. The zero-order valence-corrected chi connectivity index (χ0v) is 11.5. The number of rotatable bonds is 6. The van der Waals surface area contributed by atoms with E-state index < -0.39 is 0 Å². The first-order chi connectivity index (χ1) is 7.70. The summed E-state index contributed by atoms with van der Waals surface area (Å²) in [5.41, 5.74) is 0.591. The molecule has 0 aliphatic rings. The molecule has 0 fully saturated rings. The first-order valence-electron chi connectivity index (χ1n) is 4.80. The fourth-order valence-electron chi connectivity index (χ4n) is 1.13. The van der Waals surface area contributed by atoms with E-state index >= 15 is 0 Å². The summed E-state index contributed by atoms with van der Waals surface area (Å²) in [5, 5.41) is 7.20. The van der Waals surface area contributed by atoms with Crippen LogP contribution in [0.25, 0.3) is 0 Å². The third-order valence-corrected chi connectivity index (χ3v) is 3.29. The summed E-state index contributed by atoms with van der Waals surface area (Å²) in [6.07, 6.45) is 5.33. The van der Waals surface area contributed by atoms with Gasteiger partial charge in [0, 0.05) is 12.3 Å². The molecular formula is C10H14BrN3OS. The van der Waals surface area contributed by atoms with Crippen LogP contribution in [0, 0.1) is 0 Å². The molecule has 88 valence electrons.